The molecule has 0 radical (unpaired) electrons. The lowest BCUT2D eigenvalue weighted by molar-refractivity contribution is -0.205. The lowest BCUT2D eigenvalue weighted by Crippen LogP contribution is -2.48. The van der Waals surface area contributed by atoms with Gasteiger partial charge in [-0.2, -0.15) is 0 Å². The second-order valence-corrected chi connectivity index (χ2v) is 8.95. The number of aliphatic hydroxyl groups is 2. The summed E-state index contributed by atoms with van der Waals surface area (Å²) in [7, 11) is 0. The van der Waals surface area contributed by atoms with Crippen LogP contribution in [0.15, 0.2) is 54.7 Å². The predicted molar refractivity (Wildman–Crippen MR) is 127 cm³/mol. The van der Waals surface area contributed by atoms with E-state index in [0.717, 1.165) is 29.3 Å². The van der Waals surface area contributed by atoms with Crippen molar-refractivity contribution in [2.75, 3.05) is 23.4 Å². The number of halogens is 5. The SMILES string of the molecule is O=C(Nc1ccc(C(=O)N2CCC(F)(F)[C@@](O)(CO)c3cc(Cl)ccc32)cn1)c1cc(F)ccc1Cl. The van der Waals surface area contributed by atoms with Crippen LogP contribution < -0.4 is 10.2 Å². The molecule has 1 aromatic heterocycles. The number of nitrogens with one attached hydrogen (secondary N) is 1. The summed E-state index contributed by atoms with van der Waals surface area (Å²) >= 11 is 11.9. The molecule has 2 amide bonds. The van der Waals surface area contributed by atoms with Gasteiger partial charge in [-0.1, -0.05) is 23.2 Å². The van der Waals surface area contributed by atoms with Gasteiger partial charge in [0, 0.05) is 29.7 Å². The first-order valence-corrected chi connectivity index (χ1v) is 11.3. The number of carbonyl (C=O) groups is 2. The third-order valence-corrected chi connectivity index (χ3v) is 6.41. The zero-order chi connectivity index (χ0) is 26.3. The first-order chi connectivity index (χ1) is 17.0. The Morgan fingerprint density at radius 1 is 1.11 bits per heavy atom. The van der Waals surface area contributed by atoms with Crippen molar-refractivity contribution in [2.24, 2.45) is 0 Å². The smallest absolute Gasteiger partial charge is 0.284 e. The zero-order valence-corrected chi connectivity index (χ0v) is 19.8. The van der Waals surface area contributed by atoms with Crippen molar-refractivity contribution in [3.8, 4) is 0 Å². The predicted octanol–water partition coefficient (Wildman–Crippen LogP) is 4.65. The molecule has 1 atom stereocenters. The minimum atomic E-state index is -3.76. The number of carbonyl (C=O) groups excluding carboxylic acids is 2. The highest BCUT2D eigenvalue weighted by molar-refractivity contribution is 6.34. The summed E-state index contributed by atoms with van der Waals surface area (Å²) in [6, 6.07) is 9.67. The number of fused-ring (bicyclic) bond motifs is 1. The van der Waals surface area contributed by atoms with E-state index in [1.165, 1.54) is 30.3 Å². The van der Waals surface area contributed by atoms with Crippen molar-refractivity contribution in [3.63, 3.8) is 0 Å². The molecule has 0 saturated carbocycles. The molecule has 0 aliphatic carbocycles. The quantitative estimate of drug-likeness (QED) is 0.448. The first kappa shape index (κ1) is 25.9. The summed E-state index contributed by atoms with van der Waals surface area (Å²) in [6.45, 7) is -1.76. The Hall–Kier alpha value is -3.18. The van der Waals surface area contributed by atoms with Crippen molar-refractivity contribution in [1.82, 2.24) is 4.98 Å². The Labute approximate surface area is 213 Å². The number of pyridine rings is 1. The van der Waals surface area contributed by atoms with Gasteiger partial charge in [0.15, 0.2) is 5.60 Å². The van der Waals surface area contributed by atoms with Gasteiger partial charge in [-0.3, -0.25) is 9.59 Å². The number of aliphatic hydroxyl groups excluding tert-OH is 1. The Bertz CT molecular complexity index is 1340. The van der Waals surface area contributed by atoms with Crippen LogP contribution in [-0.4, -0.2) is 46.1 Å². The second-order valence-electron chi connectivity index (χ2n) is 8.10. The van der Waals surface area contributed by atoms with Gasteiger partial charge in [0.1, 0.15) is 11.6 Å². The lowest BCUT2D eigenvalue weighted by atomic mass is 9.86. The summed E-state index contributed by atoms with van der Waals surface area (Å²) in [5, 5.41) is 22.9. The van der Waals surface area contributed by atoms with Crippen LogP contribution in [0.2, 0.25) is 10.0 Å². The van der Waals surface area contributed by atoms with Gasteiger partial charge in [-0.05, 0) is 48.5 Å². The van der Waals surface area contributed by atoms with Crippen molar-refractivity contribution >= 4 is 46.5 Å². The highest BCUT2D eigenvalue weighted by Gasteiger charge is 2.56. The lowest BCUT2D eigenvalue weighted by Gasteiger charge is -2.33. The monoisotopic (exact) mass is 539 g/mol. The van der Waals surface area contributed by atoms with Crippen molar-refractivity contribution in [2.45, 2.75) is 17.9 Å². The van der Waals surface area contributed by atoms with Crippen molar-refractivity contribution < 1.29 is 33.0 Å². The molecule has 0 bridgehead atoms. The highest BCUT2D eigenvalue weighted by atomic mass is 35.5. The largest absolute Gasteiger partial charge is 0.393 e. The van der Waals surface area contributed by atoms with E-state index in [1.54, 1.807) is 0 Å². The maximum Gasteiger partial charge on any atom is 0.284 e. The van der Waals surface area contributed by atoms with E-state index >= 15 is 0 Å². The van der Waals surface area contributed by atoms with E-state index in [0.29, 0.717) is 0 Å². The molecule has 1 aliphatic rings. The number of aromatic nitrogens is 1. The molecule has 0 saturated heterocycles. The van der Waals surface area contributed by atoms with Crippen LogP contribution in [0.4, 0.5) is 24.7 Å². The number of anilines is 2. The van der Waals surface area contributed by atoms with E-state index < -0.39 is 54.3 Å². The normalized spacial score (nSPS) is 18.8. The number of amides is 2. The number of benzene rings is 2. The fraction of sp³-hybridized carbons (Fsp3) is 0.208. The standard InChI is InChI=1S/C24H18Cl2F3N3O4/c25-14-2-5-19-17(9-14)23(36,12-33)24(28,29)7-8-32(19)22(35)13-1-6-20(30-11-13)31-21(34)16-10-15(27)3-4-18(16)26/h1-6,9-11,33,36H,7-8,12H2,(H,30,31,34)/t23-/m1/s1. The van der Waals surface area contributed by atoms with E-state index in [4.69, 9.17) is 23.2 Å². The molecule has 188 valence electrons. The van der Waals surface area contributed by atoms with Crippen LogP contribution in [0.3, 0.4) is 0 Å². The Kier molecular flexibility index (Phi) is 6.98. The molecule has 3 N–H and O–H groups in total. The number of hydrogen-bond acceptors (Lipinski definition) is 5. The second kappa shape index (κ2) is 9.70. The van der Waals surface area contributed by atoms with Crippen LogP contribution in [-0.2, 0) is 5.60 Å². The average molecular weight is 540 g/mol. The van der Waals surface area contributed by atoms with E-state index in [-0.39, 0.29) is 32.7 Å². The molecule has 3 aromatic rings. The van der Waals surface area contributed by atoms with E-state index in [9.17, 15) is 33.0 Å². The zero-order valence-electron chi connectivity index (χ0n) is 18.3. The molecule has 0 fully saturated rings. The van der Waals surface area contributed by atoms with Crippen LogP contribution in [0.25, 0.3) is 0 Å². The third-order valence-electron chi connectivity index (χ3n) is 5.85. The fourth-order valence-electron chi connectivity index (χ4n) is 3.87. The first-order valence-electron chi connectivity index (χ1n) is 10.5. The number of nitrogens with zero attached hydrogens (tertiary/aromatic N) is 2. The summed E-state index contributed by atoms with van der Waals surface area (Å²) in [4.78, 5) is 30.7. The molecule has 12 heteroatoms. The molecule has 36 heavy (non-hydrogen) atoms. The average Bonchev–Trinajstić information content (AvgIpc) is 2.93. The van der Waals surface area contributed by atoms with Crippen LogP contribution in [0, 0.1) is 5.82 Å². The summed E-state index contributed by atoms with van der Waals surface area (Å²) < 4.78 is 43.2. The van der Waals surface area contributed by atoms with Gasteiger partial charge < -0.3 is 20.4 Å². The minimum absolute atomic E-state index is 0.00422. The maximum absolute atomic E-state index is 14.9. The van der Waals surface area contributed by atoms with Crippen LogP contribution in [0.1, 0.15) is 32.7 Å². The molecular formula is C24H18Cl2F3N3O4. The number of rotatable bonds is 4. The van der Waals surface area contributed by atoms with Gasteiger partial charge in [0.25, 0.3) is 17.7 Å². The van der Waals surface area contributed by atoms with Crippen molar-refractivity contribution in [3.05, 3.63) is 87.3 Å². The summed E-state index contributed by atoms with van der Waals surface area (Å²) in [5.41, 5.74) is -3.51. The third kappa shape index (κ3) is 4.64. The van der Waals surface area contributed by atoms with Gasteiger partial charge in [-0.15, -0.1) is 0 Å². The van der Waals surface area contributed by atoms with E-state index in [2.05, 4.69) is 10.3 Å². The topological polar surface area (TPSA) is 103 Å². The molecule has 0 spiro atoms. The minimum Gasteiger partial charge on any atom is -0.393 e. The summed E-state index contributed by atoms with van der Waals surface area (Å²) in [5.74, 6) is -5.83. The number of alkyl halides is 2. The Balaban J connectivity index is 1.62. The Morgan fingerprint density at radius 2 is 1.86 bits per heavy atom. The molecule has 2 heterocycles. The summed E-state index contributed by atoms with van der Waals surface area (Å²) in [6.07, 6.45) is 0.195. The maximum atomic E-state index is 14.9. The molecule has 4 rings (SSSR count). The highest BCUT2D eigenvalue weighted by Crippen LogP contribution is 2.47. The Morgan fingerprint density at radius 3 is 2.53 bits per heavy atom. The van der Waals surface area contributed by atoms with E-state index in [1.807, 2.05) is 0 Å². The van der Waals surface area contributed by atoms with Gasteiger partial charge in [0.2, 0.25) is 0 Å². The molecule has 7 nitrogen and oxygen atoms in total. The van der Waals surface area contributed by atoms with Gasteiger partial charge >= 0.3 is 0 Å². The fourth-order valence-corrected chi connectivity index (χ4v) is 4.24. The van der Waals surface area contributed by atoms with Gasteiger partial charge in [0.05, 0.1) is 28.4 Å². The van der Waals surface area contributed by atoms with Crippen LogP contribution in [0.5, 0.6) is 0 Å². The number of hydrogen-bond donors (Lipinski definition) is 3. The molecule has 1 aliphatic heterocycles. The van der Waals surface area contributed by atoms with Crippen LogP contribution >= 0.6 is 23.2 Å². The molecule has 0 unspecified atom stereocenters. The van der Waals surface area contributed by atoms with Gasteiger partial charge in [-0.25, -0.2) is 18.2 Å². The molecular weight excluding hydrogens is 522 g/mol. The van der Waals surface area contributed by atoms with Crippen molar-refractivity contribution in [1.29, 1.82) is 0 Å². The molecule has 2 aromatic carbocycles.